The Kier molecular flexibility index (Phi) is 14.5. The molecule has 0 aromatic heterocycles. The van der Waals surface area contributed by atoms with Crippen molar-refractivity contribution in [3.63, 3.8) is 0 Å². The lowest BCUT2D eigenvalue weighted by Crippen LogP contribution is -2.42. The number of methoxy groups -OCH3 is 1. The molecule has 0 aromatic carbocycles. The van der Waals surface area contributed by atoms with E-state index in [1.807, 2.05) is 20.8 Å². The molecule has 0 fully saturated rings. The highest BCUT2D eigenvalue weighted by molar-refractivity contribution is 5.88. The topological polar surface area (TPSA) is 180 Å². The molecule has 11 heteroatoms. The van der Waals surface area contributed by atoms with Crippen LogP contribution in [0.3, 0.4) is 0 Å². The lowest BCUT2D eigenvalue weighted by Gasteiger charge is -2.18. The fourth-order valence-electron chi connectivity index (χ4n) is 1.48. The Hall–Kier alpha value is -1.79. The van der Waals surface area contributed by atoms with Gasteiger partial charge in [0.1, 0.15) is 0 Å². The number of hydrogen-bond donors (Lipinski definition) is 5. The first-order valence-corrected chi connectivity index (χ1v) is 8.14. The molecule has 5 N–H and O–H groups in total. The van der Waals surface area contributed by atoms with Crippen molar-refractivity contribution < 1.29 is 54.1 Å². The molecular weight excluding hydrogens is 368 g/mol. The second-order valence-electron chi connectivity index (χ2n) is 5.99. The number of aliphatic carboxylic acids is 3. The van der Waals surface area contributed by atoms with Crippen molar-refractivity contribution >= 4 is 17.9 Å². The van der Waals surface area contributed by atoms with Gasteiger partial charge in [-0.2, -0.15) is 0 Å². The summed E-state index contributed by atoms with van der Waals surface area (Å²) in [6.07, 6.45) is -2.28. The van der Waals surface area contributed by atoms with Crippen LogP contribution in [0.15, 0.2) is 0 Å². The fourth-order valence-corrected chi connectivity index (χ4v) is 1.48. The highest BCUT2D eigenvalue weighted by Gasteiger charge is 2.40. The fraction of sp³-hybridized carbons (Fsp3) is 0.812. The number of rotatable bonds is 13. The maximum absolute atomic E-state index is 10.3. The minimum atomic E-state index is -2.74. The standard InChI is InChI=1S/C10H22O4.C6H8O7/c1-8(5-11)13-7-10(3)14-6-9(2)12-4;7-3(8)1-6(13,5(11)12)2-4(9)10/h8-11H,5-7H2,1-4H3;13H,1-2H2,(H,7,8)(H,9,10)(H,11,12). The monoisotopic (exact) mass is 398 g/mol. The van der Waals surface area contributed by atoms with E-state index in [1.165, 1.54) is 0 Å². The van der Waals surface area contributed by atoms with E-state index in [0.29, 0.717) is 13.2 Å². The third-order valence-corrected chi connectivity index (χ3v) is 3.18. The Labute approximate surface area is 157 Å². The Morgan fingerprint density at radius 2 is 1.26 bits per heavy atom. The van der Waals surface area contributed by atoms with Gasteiger partial charge in [0, 0.05) is 7.11 Å². The molecule has 0 aliphatic rings. The van der Waals surface area contributed by atoms with Gasteiger partial charge in [-0.25, -0.2) is 4.79 Å². The second-order valence-corrected chi connectivity index (χ2v) is 5.99. The van der Waals surface area contributed by atoms with Crippen LogP contribution in [0.1, 0.15) is 33.6 Å². The van der Waals surface area contributed by atoms with E-state index < -0.39 is 36.4 Å². The molecule has 3 unspecified atom stereocenters. The molecule has 0 amide bonds. The van der Waals surface area contributed by atoms with Crippen LogP contribution in [0.2, 0.25) is 0 Å². The Bertz CT molecular complexity index is 422. The maximum Gasteiger partial charge on any atom is 0.336 e. The number of carboxylic acid groups (broad SMARTS) is 3. The Morgan fingerprint density at radius 3 is 1.59 bits per heavy atom. The first kappa shape index (κ1) is 27.4. The predicted molar refractivity (Wildman–Crippen MR) is 91.5 cm³/mol. The summed E-state index contributed by atoms with van der Waals surface area (Å²) in [6.45, 7) is 6.81. The van der Waals surface area contributed by atoms with Crippen LogP contribution in [-0.4, -0.2) is 94.3 Å². The van der Waals surface area contributed by atoms with E-state index in [0.717, 1.165) is 0 Å². The summed E-state index contributed by atoms with van der Waals surface area (Å²) in [4.78, 5) is 30.5. The number of aliphatic hydroxyl groups is 2. The molecule has 0 saturated carbocycles. The highest BCUT2D eigenvalue weighted by atomic mass is 16.6. The third kappa shape index (κ3) is 15.0. The lowest BCUT2D eigenvalue weighted by molar-refractivity contribution is -0.170. The number of hydrogen-bond acceptors (Lipinski definition) is 8. The zero-order valence-corrected chi connectivity index (χ0v) is 16.0. The summed E-state index contributed by atoms with van der Waals surface area (Å²) < 4.78 is 15.8. The molecule has 0 saturated heterocycles. The molecule has 0 spiro atoms. The molecule has 0 aliphatic carbocycles. The molecular formula is C16H30O11. The zero-order chi connectivity index (χ0) is 21.6. The van der Waals surface area contributed by atoms with E-state index in [9.17, 15) is 14.4 Å². The van der Waals surface area contributed by atoms with Gasteiger partial charge in [0.15, 0.2) is 5.60 Å². The maximum atomic E-state index is 10.3. The zero-order valence-electron chi connectivity index (χ0n) is 16.0. The van der Waals surface area contributed by atoms with Gasteiger partial charge in [0.2, 0.25) is 0 Å². The van der Waals surface area contributed by atoms with Crippen LogP contribution in [0.25, 0.3) is 0 Å². The normalized spacial score (nSPS) is 14.4. The van der Waals surface area contributed by atoms with Gasteiger partial charge >= 0.3 is 17.9 Å². The highest BCUT2D eigenvalue weighted by Crippen LogP contribution is 2.15. The Morgan fingerprint density at radius 1 is 0.852 bits per heavy atom. The van der Waals surface area contributed by atoms with Gasteiger partial charge in [-0.05, 0) is 20.8 Å². The first-order chi connectivity index (χ1) is 12.4. The smallest absolute Gasteiger partial charge is 0.336 e. The Balaban J connectivity index is 0. The number of carboxylic acids is 3. The van der Waals surface area contributed by atoms with Crippen LogP contribution in [0, 0.1) is 0 Å². The molecule has 0 radical (unpaired) electrons. The molecule has 0 aliphatic heterocycles. The first-order valence-electron chi connectivity index (χ1n) is 8.14. The lowest BCUT2D eigenvalue weighted by atomic mass is 9.96. The van der Waals surface area contributed by atoms with Crippen LogP contribution >= 0.6 is 0 Å². The predicted octanol–water partition coefficient (Wildman–Crippen LogP) is -0.425. The molecule has 0 bridgehead atoms. The quantitative estimate of drug-likeness (QED) is 0.272. The molecule has 27 heavy (non-hydrogen) atoms. The van der Waals surface area contributed by atoms with Gasteiger partial charge in [0.05, 0.1) is 51.0 Å². The number of ether oxygens (including phenoxy) is 3. The summed E-state index contributed by atoms with van der Waals surface area (Å²) >= 11 is 0. The van der Waals surface area contributed by atoms with E-state index >= 15 is 0 Å². The van der Waals surface area contributed by atoms with Gasteiger partial charge in [-0.3, -0.25) is 9.59 Å². The van der Waals surface area contributed by atoms with E-state index in [2.05, 4.69) is 0 Å². The van der Waals surface area contributed by atoms with E-state index in [1.54, 1.807) is 7.11 Å². The van der Waals surface area contributed by atoms with Crippen molar-refractivity contribution in [1.82, 2.24) is 0 Å². The van der Waals surface area contributed by atoms with Crippen LogP contribution in [0.5, 0.6) is 0 Å². The SMILES string of the molecule is COC(C)COC(C)COC(C)CO.O=C(O)CC(O)(CC(=O)O)C(=O)O. The summed E-state index contributed by atoms with van der Waals surface area (Å²) in [7, 11) is 1.66. The average molecular weight is 398 g/mol. The van der Waals surface area contributed by atoms with Crippen molar-refractivity contribution in [2.75, 3.05) is 26.9 Å². The van der Waals surface area contributed by atoms with Crippen molar-refractivity contribution in [1.29, 1.82) is 0 Å². The van der Waals surface area contributed by atoms with Crippen molar-refractivity contribution in [2.45, 2.75) is 57.5 Å². The van der Waals surface area contributed by atoms with Gasteiger partial charge < -0.3 is 39.7 Å². The molecule has 160 valence electrons. The average Bonchev–Trinajstić information content (AvgIpc) is 2.56. The summed E-state index contributed by atoms with van der Waals surface area (Å²) in [6, 6.07) is 0. The summed E-state index contributed by atoms with van der Waals surface area (Å²) in [5, 5.41) is 42.5. The number of carbonyl (C=O) groups is 3. The molecule has 3 atom stereocenters. The second kappa shape index (κ2) is 14.3. The van der Waals surface area contributed by atoms with Gasteiger partial charge in [-0.15, -0.1) is 0 Å². The van der Waals surface area contributed by atoms with Crippen molar-refractivity contribution in [3.05, 3.63) is 0 Å². The van der Waals surface area contributed by atoms with Crippen molar-refractivity contribution in [3.8, 4) is 0 Å². The van der Waals surface area contributed by atoms with Crippen LogP contribution in [0.4, 0.5) is 0 Å². The van der Waals surface area contributed by atoms with E-state index in [4.69, 9.17) is 39.7 Å². The molecule has 0 aromatic rings. The van der Waals surface area contributed by atoms with Crippen molar-refractivity contribution in [2.24, 2.45) is 0 Å². The summed E-state index contributed by atoms with van der Waals surface area (Å²) in [5.74, 6) is -5.02. The molecule has 0 rings (SSSR count). The molecule has 11 nitrogen and oxygen atoms in total. The van der Waals surface area contributed by atoms with Gasteiger partial charge in [-0.1, -0.05) is 0 Å². The van der Waals surface area contributed by atoms with E-state index in [-0.39, 0.29) is 24.9 Å². The van der Waals surface area contributed by atoms with Gasteiger partial charge in [0.25, 0.3) is 0 Å². The third-order valence-electron chi connectivity index (χ3n) is 3.18. The minimum absolute atomic E-state index is 0.0293. The summed E-state index contributed by atoms with van der Waals surface area (Å²) in [5.41, 5.74) is -2.74. The minimum Gasteiger partial charge on any atom is -0.481 e. The largest absolute Gasteiger partial charge is 0.481 e. The molecule has 0 heterocycles. The number of aliphatic hydroxyl groups excluding tert-OH is 1. The van der Waals surface area contributed by atoms with Crippen LogP contribution < -0.4 is 0 Å². The van der Waals surface area contributed by atoms with Crippen LogP contribution in [-0.2, 0) is 28.6 Å².